The molecule has 0 aliphatic heterocycles. The molecule has 0 fully saturated rings. The fourth-order valence-corrected chi connectivity index (χ4v) is 1.85. The molecule has 5 nitrogen and oxygen atoms in total. The molecule has 0 aliphatic carbocycles. The van der Waals surface area contributed by atoms with Crippen LogP contribution >= 0.6 is 11.3 Å². The van der Waals surface area contributed by atoms with Crippen molar-refractivity contribution in [3.8, 4) is 5.75 Å². The third kappa shape index (κ3) is 4.16. The number of ether oxygens (including phenoxy) is 1. The van der Waals surface area contributed by atoms with Gasteiger partial charge in [0.15, 0.2) is 0 Å². The molecule has 0 saturated carbocycles. The zero-order chi connectivity index (χ0) is 14.6. The second kappa shape index (κ2) is 5.96. The van der Waals surface area contributed by atoms with Crippen LogP contribution in [0.3, 0.4) is 0 Å². The van der Waals surface area contributed by atoms with Crippen LogP contribution in [0, 0.1) is 5.41 Å². The van der Waals surface area contributed by atoms with Gasteiger partial charge in [-0.2, -0.15) is 8.78 Å². The fourth-order valence-electron chi connectivity index (χ4n) is 1.11. The number of carboxylic acid groups (broad SMARTS) is 1. The smallest absolute Gasteiger partial charge is 0.387 e. The SMILES string of the molecule is CC(C)(CNC(=O)c1sccc1OC(F)F)C(=O)O. The molecular weight excluding hydrogens is 280 g/mol. The monoisotopic (exact) mass is 293 g/mol. The van der Waals surface area contributed by atoms with Crippen molar-refractivity contribution in [3.05, 3.63) is 16.3 Å². The van der Waals surface area contributed by atoms with Crippen molar-refractivity contribution in [3.63, 3.8) is 0 Å². The number of carbonyl (C=O) groups excluding carboxylic acids is 1. The van der Waals surface area contributed by atoms with Crippen molar-refractivity contribution in [1.82, 2.24) is 5.32 Å². The van der Waals surface area contributed by atoms with E-state index < -0.39 is 23.9 Å². The van der Waals surface area contributed by atoms with Gasteiger partial charge in [0.2, 0.25) is 0 Å². The first-order chi connectivity index (χ1) is 8.74. The summed E-state index contributed by atoms with van der Waals surface area (Å²) in [5, 5.41) is 12.7. The molecule has 0 aliphatic rings. The van der Waals surface area contributed by atoms with Gasteiger partial charge < -0.3 is 15.2 Å². The predicted molar refractivity (Wildman–Crippen MR) is 64.7 cm³/mol. The molecular formula is C11H13F2NO4S. The lowest BCUT2D eigenvalue weighted by Crippen LogP contribution is -2.38. The van der Waals surface area contributed by atoms with E-state index in [2.05, 4.69) is 10.1 Å². The molecule has 1 amide bonds. The molecule has 0 atom stereocenters. The van der Waals surface area contributed by atoms with Crippen LogP contribution in [-0.4, -0.2) is 30.1 Å². The quantitative estimate of drug-likeness (QED) is 0.843. The Kier molecular flexibility index (Phi) is 4.82. The Balaban J connectivity index is 2.69. The number of hydrogen-bond donors (Lipinski definition) is 2. The number of rotatable bonds is 6. The number of amides is 1. The van der Waals surface area contributed by atoms with Crippen molar-refractivity contribution in [2.75, 3.05) is 6.54 Å². The number of aliphatic carboxylic acids is 1. The molecule has 1 heterocycles. The van der Waals surface area contributed by atoms with Crippen LogP contribution in [0.1, 0.15) is 23.5 Å². The molecule has 0 spiro atoms. The van der Waals surface area contributed by atoms with Gasteiger partial charge >= 0.3 is 12.6 Å². The third-order valence-electron chi connectivity index (χ3n) is 2.32. The fraction of sp³-hybridized carbons (Fsp3) is 0.455. The molecule has 1 aromatic heterocycles. The van der Waals surface area contributed by atoms with Gasteiger partial charge in [-0.3, -0.25) is 9.59 Å². The summed E-state index contributed by atoms with van der Waals surface area (Å²) in [5.41, 5.74) is -1.14. The van der Waals surface area contributed by atoms with Gasteiger partial charge in [-0.05, 0) is 25.3 Å². The van der Waals surface area contributed by atoms with E-state index in [9.17, 15) is 18.4 Å². The summed E-state index contributed by atoms with van der Waals surface area (Å²) in [6, 6.07) is 1.26. The highest BCUT2D eigenvalue weighted by Gasteiger charge is 2.28. The summed E-state index contributed by atoms with van der Waals surface area (Å²) in [6.07, 6.45) is 0. The minimum atomic E-state index is -3.02. The zero-order valence-corrected chi connectivity index (χ0v) is 11.1. The maximum Gasteiger partial charge on any atom is 0.387 e. The first kappa shape index (κ1) is 15.4. The van der Waals surface area contributed by atoms with Crippen LogP contribution in [0.5, 0.6) is 5.75 Å². The summed E-state index contributed by atoms with van der Waals surface area (Å²) in [6.45, 7) is -0.245. The molecule has 1 aromatic rings. The topological polar surface area (TPSA) is 75.6 Å². The van der Waals surface area contributed by atoms with Crippen molar-refractivity contribution in [2.45, 2.75) is 20.5 Å². The lowest BCUT2D eigenvalue weighted by atomic mass is 9.94. The maximum absolute atomic E-state index is 12.1. The van der Waals surface area contributed by atoms with Crippen molar-refractivity contribution in [1.29, 1.82) is 0 Å². The number of thiophene rings is 1. The summed E-state index contributed by atoms with van der Waals surface area (Å²) in [4.78, 5) is 22.6. The normalized spacial score (nSPS) is 11.4. The number of alkyl halides is 2. The molecule has 0 unspecified atom stereocenters. The molecule has 19 heavy (non-hydrogen) atoms. The second-order valence-corrected chi connectivity index (χ2v) is 5.28. The molecule has 1 rings (SSSR count). The number of hydrogen-bond acceptors (Lipinski definition) is 4. The van der Waals surface area contributed by atoms with Crippen LogP contribution in [0.2, 0.25) is 0 Å². The molecule has 0 radical (unpaired) electrons. The highest BCUT2D eigenvalue weighted by molar-refractivity contribution is 7.12. The van der Waals surface area contributed by atoms with E-state index in [-0.39, 0.29) is 17.2 Å². The van der Waals surface area contributed by atoms with Crippen molar-refractivity contribution < 1.29 is 28.2 Å². The average Bonchev–Trinajstić information content (AvgIpc) is 2.73. The van der Waals surface area contributed by atoms with Crippen LogP contribution in [0.25, 0.3) is 0 Å². The zero-order valence-electron chi connectivity index (χ0n) is 10.3. The number of halogens is 2. The Labute approximate surface area is 112 Å². The minimum Gasteiger partial charge on any atom is -0.481 e. The van der Waals surface area contributed by atoms with Gasteiger partial charge in [0.05, 0.1) is 5.41 Å². The average molecular weight is 293 g/mol. The Morgan fingerprint density at radius 3 is 2.68 bits per heavy atom. The first-order valence-corrected chi connectivity index (χ1v) is 6.16. The molecule has 0 saturated heterocycles. The molecule has 106 valence electrons. The first-order valence-electron chi connectivity index (χ1n) is 5.28. The van der Waals surface area contributed by atoms with Gasteiger partial charge in [0, 0.05) is 6.54 Å². The lowest BCUT2D eigenvalue weighted by Gasteiger charge is -2.19. The largest absolute Gasteiger partial charge is 0.481 e. The number of carboxylic acids is 1. The van der Waals surface area contributed by atoms with Crippen LogP contribution in [0.15, 0.2) is 11.4 Å². The van der Waals surface area contributed by atoms with Crippen LogP contribution in [-0.2, 0) is 4.79 Å². The number of nitrogens with one attached hydrogen (secondary N) is 1. The maximum atomic E-state index is 12.1. The predicted octanol–water partition coefficient (Wildman–Crippen LogP) is 2.19. The van der Waals surface area contributed by atoms with Crippen LogP contribution < -0.4 is 10.1 Å². The van der Waals surface area contributed by atoms with Crippen molar-refractivity contribution >= 4 is 23.2 Å². The number of carbonyl (C=O) groups is 2. The molecule has 2 N–H and O–H groups in total. The van der Waals surface area contributed by atoms with E-state index in [1.807, 2.05) is 0 Å². The van der Waals surface area contributed by atoms with E-state index >= 15 is 0 Å². The van der Waals surface area contributed by atoms with E-state index in [1.54, 1.807) is 0 Å². The lowest BCUT2D eigenvalue weighted by molar-refractivity contribution is -0.146. The molecule has 0 aromatic carbocycles. The Hall–Kier alpha value is -1.70. The second-order valence-electron chi connectivity index (χ2n) is 4.36. The Bertz CT molecular complexity index is 473. The highest BCUT2D eigenvalue weighted by atomic mass is 32.1. The van der Waals surface area contributed by atoms with Gasteiger partial charge in [-0.25, -0.2) is 0 Å². The Morgan fingerprint density at radius 1 is 1.53 bits per heavy atom. The minimum absolute atomic E-state index is 0.0125. The van der Waals surface area contributed by atoms with E-state index in [1.165, 1.54) is 25.3 Å². The van der Waals surface area contributed by atoms with E-state index in [0.29, 0.717) is 0 Å². The van der Waals surface area contributed by atoms with Gasteiger partial charge in [0.1, 0.15) is 10.6 Å². The van der Waals surface area contributed by atoms with Crippen molar-refractivity contribution in [2.24, 2.45) is 5.41 Å². The van der Waals surface area contributed by atoms with E-state index in [4.69, 9.17) is 5.11 Å². The van der Waals surface area contributed by atoms with Gasteiger partial charge in [0.25, 0.3) is 5.91 Å². The molecule has 8 heteroatoms. The summed E-state index contributed by atoms with van der Waals surface area (Å²) < 4.78 is 28.4. The summed E-state index contributed by atoms with van der Waals surface area (Å²) >= 11 is 0.941. The highest BCUT2D eigenvalue weighted by Crippen LogP contribution is 2.26. The van der Waals surface area contributed by atoms with E-state index in [0.717, 1.165) is 11.3 Å². The molecule has 0 bridgehead atoms. The van der Waals surface area contributed by atoms with Gasteiger partial charge in [-0.15, -0.1) is 11.3 Å². The standard InChI is InChI=1S/C11H13F2NO4S/c1-11(2,9(16)17)5-14-8(15)7-6(3-4-19-7)18-10(12)13/h3-4,10H,5H2,1-2H3,(H,14,15)(H,16,17). The van der Waals surface area contributed by atoms with Gasteiger partial charge in [-0.1, -0.05) is 0 Å². The Morgan fingerprint density at radius 2 is 2.16 bits per heavy atom. The summed E-state index contributed by atoms with van der Waals surface area (Å²) in [7, 11) is 0. The summed E-state index contributed by atoms with van der Waals surface area (Å²) in [5.74, 6) is -1.92. The van der Waals surface area contributed by atoms with Crippen LogP contribution in [0.4, 0.5) is 8.78 Å². The third-order valence-corrected chi connectivity index (χ3v) is 3.22.